The summed E-state index contributed by atoms with van der Waals surface area (Å²) >= 11 is 11.2. The van der Waals surface area contributed by atoms with Crippen LogP contribution in [0.5, 0.6) is 5.75 Å². The molecule has 1 amide bonds. The zero-order valence-corrected chi connectivity index (χ0v) is 15.8. The number of carbonyl (C=O) groups is 1. The molecule has 7 heteroatoms. The second kappa shape index (κ2) is 10.6. The van der Waals surface area contributed by atoms with Crippen LogP contribution in [0, 0.1) is 0 Å². The third-order valence-corrected chi connectivity index (χ3v) is 3.77. The largest absolute Gasteiger partial charge is 0.491 e. The van der Waals surface area contributed by atoms with E-state index in [0.29, 0.717) is 18.2 Å². The minimum Gasteiger partial charge on any atom is -0.491 e. The van der Waals surface area contributed by atoms with Gasteiger partial charge in [0, 0.05) is 23.9 Å². The lowest BCUT2D eigenvalue weighted by Crippen LogP contribution is -2.32. The number of hydrogen-bond acceptors (Lipinski definition) is 4. The molecule has 0 saturated carbocycles. The third kappa shape index (κ3) is 6.84. The lowest BCUT2D eigenvalue weighted by molar-refractivity contribution is -0.115. The van der Waals surface area contributed by atoms with E-state index in [0.717, 1.165) is 17.0 Å². The molecule has 0 bridgehead atoms. The van der Waals surface area contributed by atoms with E-state index in [1.807, 2.05) is 18.2 Å². The molecule has 0 fully saturated rings. The van der Waals surface area contributed by atoms with Crippen LogP contribution in [0.1, 0.15) is 5.56 Å². The molecule has 2 rings (SSSR count). The lowest BCUT2D eigenvalue weighted by atomic mass is 10.2. The Labute approximate surface area is 163 Å². The molecule has 0 unspecified atom stereocenters. The highest BCUT2D eigenvalue weighted by molar-refractivity contribution is 7.80. The molecule has 0 spiro atoms. The van der Waals surface area contributed by atoms with Crippen molar-refractivity contribution in [2.45, 2.75) is 0 Å². The molecule has 0 atom stereocenters. The Morgan fingerprint density at radius 1 is 1.15 bits per heavy atom. The number of hydrogen-bond donors (Lipinski definition) is 2. The normalized spacial score (nSPS) is 10.5. The van der Waals surface area contributed by atoms with Crippen LogP contribution in [0.4, 0.5) is 5.69 Å². The van der Waals surface area contributed by atoms with E-state index < -0.39 is 0 Å². The van der Waals surface area contributed by atoms with Crippen LogP contribution in [0.2, 0.25) is 5.02 Å². The number of carbonyl (C=O) groups excluding carboxylic acids is 1. The van der Waals surface area contributed by atoms with E-state index in [9.17, 15) is 4.79 Å². The summed E-state index contributed by atoms with van der Waals surface area (Å²) in [5, 5.41) is 6.29. The van der Waals surface area contributed by atoms with Crippen LogP contribution >= 0.6 is 23.8 Å². The van der Waals surface area contributed by atoms with Crippen LogP contribution < -0.4 is 15.4 Å². The summed E-state index contributed by atoms with van der Waals surface area (Å²) in [7, 11) is 1.62. The van der Waals surface area contributed by atoms with E-state index in [-0.39, 0.29) is 11.0 Å². The highest BCUT2D eigenvalue weighted by Crippen LogP contribution is 2.16. The molecule has 2 aromatic rings. The van der Waals surface area contributed by atoms with Crippen LogP contribution in [-0.2, 0) is 9.53 Å². The lowest BCUT2D eigenvalue weighted by Gasteiger charge is -2.10. The van der Waals surface area contributed by atoms with Gasteiger partial charge in [-0.1, -0.05) is 29.8 Å². The maximum atomic E-state index is 11.9. The minimum atomic E-state index is -0.345. The van der Waals surface area contributed by atoms with Crippen molar-refractivity contribution in [3.05, 3.63) is 65.2 Å². The summed E-state index contributed by atoms with van der Waals surface area (Å²) in [6.45, 7) is 1.01. The van der Waals surface area contributed by atoms with Gasteiger partial charge in [0.05, 0.1) is 6.61 Å². The van der Waals surface area contributed by atoms with Crippen molar-refractivity contribution in [3.8, 4) is 5.75 Å². The number of anilines is 1. The Kier molecular flexibility index (Phi) is 8.08. The third-order valence-electron chi connectivity index (χ3n) is 3.22. The van der Waals surface area contributed by atoms with Gasteiger partial charge in [0.2, 0.25) is 5.91 Å². The van der Waals surface area contributed by atoms with Gasteiger partial charge in [0.25, 0.3) is 0 Å². The Bertz CT molecular complexity index is 779. The van der Waals surface area contributed by atoms with Crippen molar-refractivity contribution in [1.82, 2.24) is 5.32 Å². The number of thiocarbonyl (C=S) groups is 1. The fourth-order valence-electron chi connectivity index (χ4n) is 1.97. The second-order valence-electron chi connectivity index (χ2n) is 5.16. The molecule has 2 aromatic carbocycles. The number of halogens is 1. The summed E-state index contributed by atoms with van der Waals surface area (Å²) in [4.78, 5) is 11.9. The highest BCUT2D eigenvalue weighted by Gasteiger charge is 2.03. The van der Waals surface area contributed by atoms with Gasteiger partial charge in [-0.3, -0.25) is 10.1 Å². The van der Waals surface area contributed by atoms with Gasteiger partial charge in [-0.25, -0.2) is 0 Å². The van der Waals surface area contributed by atoms with E-state index in [4.69, 9.17) is 33.3 Å². The van der Waals surface area contributed by atoms with Gasteiger partial charge in [0.15, 0.2) is 5.11 Å². The summed E-state index contributed by atoms with van der Waals surface area (Å²) in [6.07, 6.45) is 3.01. The van der Waals surface area contributed by atoms with Crippen molar-refractivity contribution < 1.29 is 14.3 Å². The molecule has 0 aliphatic carbocycles. The van der Waals surface area contributed by atoms with Gasteiger partial charge in [-0.05, 0) is 54.2 Å². The molecule has 0 radical (unpaired) electrons. The van der Waals surface area contributed by atoms with Gasteiger partial charge in [-0.2, -0.15) is 0 Å². The monoisotopic (exact) mass is 390 g/mol. The van der Waals surface area contributed by atoms with E-state index >= 15 is 0 Å². The molecule has 2 N–H and O–H groups in total. The molecular weight excluding hydrogens is 372 g/mol. The number of amides is 1. The fraction of sp³-hybridized carbons (Fsp3) is 0.158. The number of ether oxygens (including phenoxy) is 2. The smallest absolute Gasteiger partial charge is 0.250 e. The molecule has 0 aliphatic heterocycles. The molecule has 0 heterocycles. The molecular formula is C19H19ClN2O3S. The molecule has 5 nitrogen and oxygen atoms in total. The topological polar surface area (TPSA) is 59.6 Å². The summed E-state index contributed by atoms with van der Waals surface area (Å²) in [6, 6.07) is 14.5. The van der Waals surface area contributed by atoms with Gasteiger partial charge < -0.3 is 14.8 Å². The van der Waals surface area contributed by atoms with E-state index in [1.54, 1.807) is 43.5 Å². The Hall–Kier alpha value is -2.41. The Balaban J connectivity index is 1.82. The molecule has 0 aromatic heterocycles. The van der Waals surface area contributed by atoms with Crippen LogP contribution in [-0.4, -0.2) is 31.3 Å². The molecule has 26 heavy (non-hydrogen) atoms. The van der Waals surface area contributed by atoms with Crippen molar-refractivity contribution in [2.24, 2.45) is 0 Å². The van der Waals surface area contributed by atoms with Crippen molar-refractivity contribution in [3.63, 3.8) is 0 Å². The summed E-state index contributed by atoms with van der Waals surface area (Å²) in [5.41, 5.74) is 1.50. The summed E-state index contributed by atoms with van der Waals surface area (Å²) < 4.78 is 10.4. The SMILES string of the molecule is COCCOc1ccc(NC(=S)NC(=O)/C=C/c2ccccc2Cl)cc1. The van der Waals surface area contributed by atoms with Crippen LogP contribution in [0.3, 0.4) is 0 Å². The minimum absolute atomic E-state index is 0.201. The maximum Gasteiger partial charge on any atom is 0.250 e. The first-order valence-corrected chi connectivity index (χ1v) is 8.63. The van der Waals surface area contributed by atoms with Gasteiger partial charge in [0.1, 0.15) is 12.4 Å². The number of benzene rings is 2. The van der Waals surface area contributed by atoms with Crippen molar-refractivity contribution in [2.75, 3.05) is 25.6 Å². The first kappa shape index (κ1) is 19.9. The van der Waals surface area contributed by atoms with Crippen LogP contribution in [0.15, 0.2) is 54.6 Å². The number of nitrogens with one attached hydrogen (secondary N) is 2. The van der Waals surface area contributed by atoms with Crippen molar-refractivity contribution >= 4 is 46.6 Å². The highest BCUT2D eigenvalue weighted by atomic mass is 35.5. The predicted molar refractivity (Wildman–Crippen MR) is 109 cm³/mol. The zero-order chi connectivity index (χ0) is 18.8. The van der Waals surface area contributed by atoms with Gasteiger partial charge >= 0.3 is 0 Å². The van der Waals surface area contributed by atoms with E-state index in [1.165, 1.54) is 6.08 Å². The fourth-order valence-corrected chi connectivity index (χ4v) is 2.39. The van der Waals surface area contributed by atoms with Gasteiger partial charge in [-0.15, -0.1) is 0 Å². The van der Waals surface area contributed by atoms with Crippen LogP contribution in [0.25, 0.3) is 6.08 Å². The first-order chi connectivity index (χ1) is 12.6. The standard InChI is InChI=1S/C19H19ClN2O3S/c1-24-12-13-25-16-9-7-15(8-10-16)21-19(26)22-18(23)11-6-14-4-2-3-5-17(14)20/h2-11H,12-13H2,1H3,(H2,21,22,23,26)/b11-6+. The predicted octanol–water partition coefficient (Wildman–Crippen LogP) is 3.89. The average Bonchev–Trinajstić information content (AvgIpc) is 2.62. The van der Waals surface area contributed by atoms with Crippen molar-refractivity contribution in [1.29, 1.82) is 0 Å². The quantitative estimate of drug-likeness (QED) is 0.426. The molecule has 0 saturated heterocycles. The Morgan fingerprint density at radius 2 is 1.88 bits per heavy atom. The summed E-state index contributed by atoms with van der Waals surface area (Å²) in [5.74, 6) is 0.382. The second-order valence-corrected chi connectivity index (χ2v) is 5.98. The molecule has 0 aliphatic rings. The Morgan fingerprint density at radius 3 is 2.58 bits per heavy atom. The zero-order valence-electron chi connectivity index (χ0n) is 14.2. The molecule has 136 valence electrons. The van der Waals surface area contributed by atoms with E-state index in [2.05, 4.69) is 10.6 Å². The number of methoxy groups -OCH3 is 1. The number of rotatable bonds is 7. The maximum absolute atomic E-state index is 11.9. The average molecular weight is 391 g/mol. The first-order valence-electron chi connectivity index (χ1n) is 7.85.